The highest BCUT2D eigenvalue weighted by Crippen LogP contribution is 2.28. The number of hydrogen-bond acceptors (Lipinski definition) is 5. The van der Waals surface area contributed by atoms with E-state index < -0.39 is 23.6 Å². The van der Waals surface area contributed by atoms with Gasteiger partial charge in [-0.1, -0.05) is 29.5 Å². The van der Waals surface area contributed by atoms with Crippen LogP contribution in [0, 0.1) is 11.8 Å². The number of aryl methyl sites for hydroxylation is 1. The Morgan fingerprint density at radius 2 is 1.77 bits per heavy atom. The van der Waals surface area contributed by atoms with Crippen LogP contribution >= 0.6 is 0 Å². The summed E-state index contributed by atoms with van der Waals surface area (Å²) in [4.78, 5) is 24.9. The molecule has 9 heteroatoms. The molecule has 0 unspecified atom stereocenters. The van der Waals surface area contributed by atoms with Gasteiger partial charge in [0, 0.05) is 18.8 Å². The molecule has 0 aliphatic carbocycles. The first-order valence-corrected chi connectivity index (χ1v) is 9.17. The van der Waals surface area contributed by atoms with Crippen LogP contribution in [0.3, 0.4) is 0 Å². The van der Waals surface area contributed by atoms with E-state index in [-0.39, 0.29) is 34.6 Å². The van der Waals surface area contributed by atoms with E-state index in [9.17, 15) is 22.8 Å². The average molecular weight is 434 g/mol. The van der Waals surface area contributed by atoms with Crippen LogP contribution in [0.2, 0.25) is 0 Å². The predicted octanol–water partition coefficient (Wildman–Crippen LogP) is 3.62. The van der Waals surface area contributed by atoms with Gasteiger partial charge in [0.15, 0.2) is 0 Å². The third-order valence-electron chi connectivity index (χ3n) is 4.09. The quantitative estimate of drug-likeness (QED) is 0.452. The molecule has 0 atom stereocenters. The number of pyridine rings is 1. The van der Waals surface area contributed by atoms with Gasteiger partial charge in [0.05, 0.1) is 23.3 Å². The number of nitrogen functional groups attached to an aromatic ring is 1. The number of para-hydroxylation sites is 1. The molecule has 0 fully saturated rings. The number of esters is 1. The van der Waals surface area contributed by atoms with Gasteiger partial charge >= 0.3 is 12.3 Å². The Morgan fingerprint density at radius 3 is 2.35 bits per heavy atom. The molecule has 1 aromatic heterocycles. The van der Waals surface area contributed by atoms with E-state index in [1.54, 1.807) is 20.8 Å². The summed E-state index contributed by atoms with van der Waals surface area (Å²) in [6, 6.07) is 5.37. The summed E-state index contributed by atoms with van der Waals surface area (Å²) in [7, 11) is 1.45. The maximum atomic E-state index is 12.7. The average Bonchev–Trinajstić information content (AvgIpc) is 2.66. The van der Waals surface area contributed by atoms with Gasteiger partial charge in [-0.25, -0.2) is 4.79 Å². The molecule has 1 heterocycles. The van der Waals surface area contributed by atoms with Gasteiger partial charge < -0.3 is 19.8 Å². The van der Waals surface area contributed by atoms with Gasteiger partial charge in [-0.3, -0.25) is 4.79 Å². The Bertz CT molecular complexity index is 1150. The third-order valence-corrected chi connectivity index (χ3v) is 4.09. The maximum absolute atomic E-state index is 12.7. The normalized spacial score (nSPS) is 10.7. The highest BCUT2D eigenvalue weighted by molar-refractivity contribution is 6.19. The van der Waals surface area contributed by atoms with Gasteiger partial charge in [-0.05, 0) is 32.9 Å². The van der Waals surface area contributed by atoms with Gasteiger partial charge in [-0.2, -0.15) is 0 Å². The standard InChI is InChI=1S/C22H21F3N2O4/c1-5-30-21(29)17(13(2)3)18-15(12-27(4)20(28)19(18)26)11-10-14-8-6-7-9-16(14)31-22(23,24)25/h6-9,12H,5,26H2,1-4H3. The van der Waals surface area contributed by atoms with Crippen molar-refractivity contribution in [2.45, 2.75) is 27.1 Å². The van der Waals surface area contributed by atoms with Crippen molar-refractivity contribution in [2.75, 3.05) is 12.3 Å². The largest absolute Gasteiger partial charge is 0.573 e. The van der Waals surface area contributed by atoms with Crippen LogP contribution in [0.15, 0.2) is 40.8 Å². The second kappa shape index (κ2) is 9.43. The summed E-state index contributed by atoms with van der Waals surface area (Å²) < 4.78 is 48.3. The van der Waals surface area contributed by atoms with Gasteiger partial charge in [-0.15, -0.1) is 13.2 Å². The van der Waals surface area contributed by atoms with E-state index in [1.807, 2.05) is 0 Å². The Hall–Kier alpha value is -3.67. The molecule has 0 spiro atoms. The molecule has 31 heavy (non-hydrogen) atoms. The molecule has 164 valence electrons. The molecule has 2 aromatic rings. The highest BCUT2D eigenvalue weighted by atomic mass is 19.4. The topological polar surface area (TPSA) is 83.5 Å². The molecule has 0 saturated carbocycles. The number of nitrogens with two attached hydrogens (primary N) is 1. The van der Waals surface area contributed by atoms with Crippen LogP contribution in [0.1, 0.15) is 37.5 Å². The van der Waals surface area contributed by atoms with Gasteiger partial charge in [0.25, 0.3) is 5.56 Å². The molecule has 0 amide bonds. The van der Waals surface area contributed by atoms with Gasteiger partial charge in [0.2, 0.25) is 0 Å². The lowest BCUT2D eigenvalue weighted by Gasteiger charge is -2.15. The number of hydrogen-bond donors (Lipinski definition) is 1. The summed E-state index contributed by atoms with van der Waals surface area (Å²) in [6.07, 6.45) is -3.53. The monoisotopic (exact) mass is 434 g/mol. The molecule has 1 aromatic carbocycles. The molecule has 0 aliphatic heterocycles. The fourth-order valence-corrected chi connectivity index (χ4v) is 2.80. The summed E-state index contributed by atoms with van der Waals surface area (Å²) in [5, 5.41) is 0. The Balaban J connectivity index is 2.73. The summed E-state index contributed by atoms with van der Waals surface area (Å²) in [5.74, 6) is 4.16. The summed E-state index contributed by atoms with van der Waals surface area (Å²) in [5.41, 5.74) is 6.06. The molecule has 0 aliphatic rings. The predicted molar refractivity (Wildman–Crippen MR) is 110 cm³/mol. The van der Waals surface area contributed by atoms with Crippen LogP contribution in [-0.4, -0.2) is 23.5 Å². The molecule has 0 radical (unpaired) electrons. The lowest BCUT2D eigenvalue weighted by atomic mass is 9.96. The minimum atomic E-state index is -4.89. The number of carbonyl (C=O) groups excluding carboxylic acids is 1. The highest BCUT2D eigenvalue weighted by Gasteiger charge is 2.32. The lowest BCUT2D eigenvalue weighted by Crippen LogP contribution is -2.24. The lowest BCUT2D eigenvalue weighted by molar-refractivity contribution is -0.274. The molecule has 0 bridgehead atoms. The minimum Gasteiger partial charge on any atom is -0.462 e. The van der Waals surface area contributed by atoms with Crippen molar-refractivity contribution >= 4 is 17.2 Å². The van der Waals surface area contributed by atoms with Crippen molar-refractivity contribution in [1.82, 2.24) is 4.57 Å². The Morgan fingerprint density at radius 1 is 1.16 bits per heavy atom. The summed E-state index contributed by atoms with van der Waals surface area (Å²) >= 11 is 0. The number of alkyl halides is 3. The molecule has 2 rings (SSSR count). The number of carbonyl (C=O) groups is 1. The molecule has 6 nitrogen and oxygen atoms in total. The van der Waals surface area contributed by atoms with Crippen molar-refractivity contribution in [3.63, 3.8) is 0 Å². The molecule has 0 saturated heterocycles. The number of aromatic nitrogens is 1. The van der Waals surface area contributed by atoms with Crippen molar-refractivity contribution in [3.05, 3.63) is 63.1 Å². The number of rotatable bonds is 4. The smallest absolute Gasteiger partial charge is 0.462 e. The number of allylic oxidation sites excluding steroid dienone is 1. The van der Waals surface area contributed by atoms with E-state index in [0.29, 0.717) is 5.57 Å². The minimum absolute atomic E-state index is 0.0342. The number of ether oxygens (including phenoxy) is 2. The summed E-state index contributed by atoms with van der Waals surface area (Å²) in [6.45, 7) is 5.02. The van der Waals surface area contributed by atoms with E-state index in [0.717, 1.165) is 6.07 Å². The van der Waals surface area contributed by atoms with Crippen LogP contribution in [0.5, 0.6) is 5.75 Å². The van der Waals surface area contributed by atoms with Crippen molar-refractivity contribution < 1.29 is 27.4 Å². The zero-order valence-electron chi connectivity index (χ0n) is 17.4. The van der Waals surface area contributed by atoms with Crippen LogP contribution < -0.4 is 16.0 Å². The first kappa shape index (κ1) is 23.6. The number of nitrogens with zero attached hydrogens (tertiary/aromatic N) is 1. The molecular weight excluding hydrogens is 413 g/mol. The molecular formula is C22H21F3N2O4. The van der Waals surface area contributed by atoms with E-state index in [4.69, 9.17) is 10.5 Å². The van der Waals surface area contributed by atoms with Crippen molar-refractivity contribution in [1.29, 1.82) is 0 Å². The number of benzene rings is 1. The third kappa shape index (κ3) is 5.69. The second-order valence-electron chi connectivity index (χ2n) is 6.64. The Kier molecular flexibility index (Phi) is 7.18. The first-order valence-electron chi connectivity index (χ1n) is 9.17. The fourth-order valence-electron chi connectivity index (χ4n) is 2.80. The number of halogens is 3. The first-order chi connectivity index (χ1) is 14.5. The second-order valence-corrected chi connectivity index (χ2v) is 6.64. The maximum Gasteiger partial charge on any atom is 0.573 e. The van der Waals surface area contributed by atoms with E-state index in [1.165, 1.54) is 36.0 Å². The zero-order valence-corrected chi connectivity index (χ0v) is 17.4. The van der Waals surface area contributed by atoms with Crippen LogP contribution in [0.4, 0.5) is 18.9 Å². The Labute approximate surface area is 177 Å². The van der Waals surface area contributed by atoms with Crippen molar-refractivity contribution in [3.8, 4) is 17.6 Å². The van der Waals surface area contributed by atoms with Crippen LogP contribution in [-0.2, 0) is 16.6 Å². The SMILES string of the molecule is CCOC(=O)C(=C(C)C)c1c(C#Cc2ccccc2OC(F)(F)F)cn(C)c(=O)c1N. The number of anilines is 1. The fraction of sp³-hybridized carbons (Fsp3) is 0.273. The van der Waals surface area contributed by atoms with E-state index >= 15 is 0 Å². The zero-order chi connectivity index (χ0) is 23.3. The van der Waals surface area contributed by atoms with E-state index in [2.05, 4.69) is 16.6 Å². The molecule has 2 N–H and O–H groups in total. The van der Waals surface area contributed by atoms with Gasteiger partial charge in [0.1, 0.15) is 11.4 Å². The van der Waals surface area contributed by atoms with Crippen LogP contribution in [0.25, 0.3) is 5.57 Å². The van der Waals surface area contributed by atoms with Crippen molar-refractivity contribution in [2.24, 2.45) is 7.05 Å².